The van der Waals surface area contributed by atoms with Crippen LogP contribution in [0.15, 0.2) is 98.5 Å². The number of halogens is 3. The Labute approximate surface area is 296 Å². The molecule has 0 fully saturated rings. The fraction of sp³-hybridized carbons (Fsp3) is 0.114. The highest BCUT2D eigenvalue weighted by molar-refractivity contribution is 8.00. The maximum absolute atomic E-state index is 15.2. The van der Waals surface area contributed by atoms with E-state index in [4.69, 9.17) is 39.2 Å². The van der Waals surface area contributed by atoms with Crippen LogP contribution in [-0.2, 0) is 22.6 Å². The van der Waals surface area contributed by atoms with Crippen molar-refractivity contribution >= 4 is 91.5 Å². The number of anilines is 2. The molecular formula is C35H21Cl3N4O4S2. The zero-order valence-electron chi connectivity index (χ0n) is 24.9. The van der Waals surface area contributed by atoms with Crippen molar-refractivity contribution in [2.75, 3.05) is 9.80 Å². The van der Waals surface area contributed by atoms with Crippen LogP contribution in [0.4, 0.5) is 10.8 Å². The largest absolute Gasteiger partial charge is 0.450 e. The van der Waals surface area contributed by atoms with Gasteiger partial charge in [0, 0.05) is 26.4 Å². The van der Waals surface area contributed by atoms with Crippen LogP contribution in [0, 0.1) is 6.92 Å². The van der Waals surface area contributed by atoms with Gasteiger partial charge >= 0.3 is 0 Å². The molecule has 1 spiro atoms. The summed E-state index contributed by atoms with van der Waals surface area (Å²) in [7, 11) is 0. The lowest BCUT2D eigenvalue weighted by Gasteiger charge is -2.32. The first-order chi connectivity index (χ1) is 23.2. The van der Waals surface area contributed by atoms with E-state index in [1.165, 1.54) is 16.7 Å². The number of amides is 2. The molecule has 1 unspecified atom stereocenters. The first-order valence-electron chi connectivity index (χ1n) is 14.7. The van der Waals surface area contributed by atoms with Gasteiger partial charge in [0.25, 0.3) is 11.8 Å². The van der Waals surface area contributed by atoms with Gasteiger partial charge < -0.3 is 9.32 Å². The molecule has 2 amide bonds. The lowest BCUT2D eigenvalue weighted by Crippen LogP contribution is -2.53. The molecule has 8 nitrogen and oxygen atoms in total. The molecule has 2 aliphatic rings. The van der Waals surface area contributed by atoms with Crippen LogP contribution in [0.1, 0.15) is 38.4 Å². The summed E-state index contributed by atoms with van der Waals surface area (Å²) in [5, 5.41) is 10.7. The number of aryl methyl sites for hydroxylation is 1. The monoisotopic (exact) mass is 730 g/mol. The zero-order chi connectivity index (χ0) is 33.3. The van der Waals surface area contributed by atoms with E-state index in [-0.39, 0.29) is 34.0 Å². The third kappa shape index (κ3) is 4.69. The van der Waals surface area contributed by atoms with E-state index >= 15 is 4.79 Å². The number of hydrogen-bond donors (Lipinski definition) is 0. The van der Waals surface area contributed by atoms with E-state index in [1.807, 2.05) is 31.2 Å². The highest BCUT2D eigenvalue weighted by Crippen LogP contribution is 2.55. The van der Waals surface area contributed by atoms with E-state index < -0.39 is 22.8 Å². The molecule has 238 valence electrons. The van der Waals surface area contributed by atoms with Gasteiger partial charge in [0.05, 0.1) is 23.2 Å². The minimum Gasteiger partial charge on any atom is -0.450 e. The van der Waals surface area contributed by atoms with E-state index in [2.05, 4.69) is 10.2 Å². The highest BCUT2D eigenvalue weighted by Gasteiger charge is 2.66. The topological polar surface area (TPSA) is 96.6 Å². The molecule has 2 aromatic heterocycles. The first kappa shape index (κ1) is 31.1. The Morgan fingerprint density at radius 1 is 0.875 bits per heavy atom. The summed E-state index contributed by atoms with van der Waals surface area (Å²) in [5.41, 5.74) is 1.17. The van der Waals surface area contributed by atoms with Crippen molar-refractivity contribution in [1.29, 1.82) is 0 Å². The van der Waals surface area contributed by atoms with Crippen molar-refractivity contribution in [1.82, 2.24) is 10.2 Å². The van der Waals surface area contributed by atoms with Crippen LogP contribution in [0.2, 0.25) is 15.1 Å². The van der Waals surface area contributed by atoms with Crippen molar-refractivity contribution in [2.45, 2.75) is 29.1 Å². The van der Waals surface area contributed by atoms with Crippen molar-refractivity contribution in [2.24, 2.45) is 0 Å². The summed E-state index contributed by atoms with van der Waals surface area (Å²) < 4.78 is 6.73. The van der Waals surface area contributed by atoms with Crippen LogP contribution in [0.5, 0.6) is 0 Å². The second kappa shape index (κ2) is 11.7. The summed E-state index contributed by atoms with van der Waals surface area (Å²) >= 11 is 21.5. The third-order valence-electron chi connectivity index (χ3n) is 8.52. The fourth-order valence-electron chi connectivity index (χ4n) is 6.36. The summed E-state index contributed by atoms with van der Waals surface area (Å²) in [6, 6.07) is 24.8. The van der Waals surface area contributed by atoms with E-state index in [0.29, 0.717) is 42.0 Å². The lowest BCUT2D eigenvalue weighted by molar-refractivity contribution is -0.121. The minimum absolute atomic E-state index is 0.0537. The average Bonchev–Trinajstić information content (AvgIpc) is 3.71. The van der Waals surface area contributed by atoms with Crippen LogP contribution in [0.3, 0.4) is 0 Å². The first-order valence-corrected chi connectivity index (χ1v) is 17.6. The number of carbonyl (C=O) groups excluding carboxylic acids is 2. The average molecular weight is 732 g/mol. The Bertz CT molecular complexity index is 2400. The van der Waals surface area contributed by atoms with Gasteiger partial charge in [-0.05, 0) is 54.4 Å². The van der Waals surface area contributed by atoms with Crippen molar-refractivity contribution in [3.8, 4) is 0 Å². The molecule has 0 saturated heterocycles. The predicted molar refractivity (Wildman–Crippen MR) is 190 cm³/mol. The summed E-state index contributed by atoms with van der Waals surface area (Å²) in [6.07, 6.45) is 0. The number of fused-ring (bicyclic) bond motifs is 5. The van der Waals surface area contributed by atoms with Gasteiger partial charge in [0.1, 0.15) is 5.58 Å². The fourth-order valence-corrected chi connectivity index (χ4v) is 9.01. The van der Waals surface area contributed by atoms with E-state index in [0.717, 1.165) is 22.5 Å². The summed E-state index contributed by atoms with van der Waals surface area (Å²) in [6.45, 7) is 1.96. The number of aromatic nitrogens is 2. The van der Waals surface area contributed by atoms with Gasteiger partial charge in [0.2, 0.25) is 10.9 Å². The van der Waals surface area contributed by atoms with Gasteiger partial charge in [-0.2, -0.15) is 0 Å². The number of benzene rings is 4. The second-order valence-electron chi connectivity index (χ2n) is 11.4. The molecule has 0 aliphatic carbocycles. The standard InChI is InChI=1S/C35H21Cl3N4O4S2/c1-18-10-13-27-22(14-18)29(43)28-30(46-27)31(44)42(33-39-40-34(48-33)47-17-20-11-12-21(36)15-25(20)38)35(28)23-7-3-5-9-26(23)41(32(35)45)16-19-6-2-4-8-24(19)37/h2-15H,16-17H2,1H3. The smallest absolute Gasteiger partial charge is 0.297 e. The highest BCUT2D eigenvalue weighted by atomic mass is 35.5. The Morgan fingerprint density at radius 3 is 2.48 bits per heavy atom. The van der Waals surface area contributed by atoms with Crippen LogP contribution in [-0.4, -0.2) is 22.0 Å². The number of nitrogens with zero attached hydrogens (tertiary/aromatic N) is 4. The molecule has 13 heteroatoms. The van der Waals surface area contributed by atoms with Gasteiger partial charge in [-0.1, -0.05) is 112 Å². The molecule has 6 aromatic rings. The second-order valence-corrected chi connectivity index (χ2v) is 14.8. The molecule has 8 rings (SSSR count). The number of rotatable bonds is 6. The molecule has 0 radical (unpaired) electrons. The van der Waals surface area contributed by atoms with Gasteiger partial charge in [-0.25, -0.2) is 0 Å². The van der Waals surface area contributed by atoms with Crippen LogP contribution in [0.25, 0.3) is 11.0 Å². The molecule has 4 heterocycles. The van der Waals surface area contributed by atoms with Gasteiger partial charge in [0.15, 0.2) is 15.3 Å². The maximum Gasteiger partial charge on any atom is 0.297 e. The normalized spacial score (nSPS) is 16.8. The summed E-state index contributed by atoms with van der Waals surface area (Å²) in [4.78, 5) is 47.1. The van der Waals surface area contributed by atoms with Gasteiger partial charge in [-0.3, -0.25) is 19.3 Å². The molecule has 0 N–H and O–H groups in total. The number of para-hydroxylation sites is 1. The van der Waals surface area contributed by atoms with E-state index in [9.17, 15) is 9.59 Å². The molecular weight excluding hydrogens is 711 g/mol. The van der Waals surface area contributed by atoms with Crippen molar-refractivity contribution < 1.29 is 14.0 Å². The third-order valence-corrected chi connectivity index (χ3v) is 11.6. The lowest BCUT2D eigenvalue weighted by atomic mass is 9.84. The minimum atomic E-state index is -1.91. The maximum atomic E-state index is 15.2. The Morgan fingerprint density at radius 2 is 1.67 bits per heavy atom. The molecule has 0 saturated carbocycles. The molecule has 2 aliphatic heterocycles. The molecule has 1 atom stereocenters. The SMILES string of the molecule is Cc1ccc2oc3c(c(=O)c2c1)C1(C(=O)N(Cc2ccccc2Cl)c2ccccc21)N(c1nnc(SCc2ccc(Cl)cc2Cl)s1)C3=O. The van der Waals surface area contributed by atoms with Crippen LogP contribution >= 0.6 is 57.9 Å². The number of thioether (sulfide) groups is 1. The van der Waals surface area contributed by atoms with Crippen LogP contribution < -0.4 is 15.2 Å². The quantitative estimate of drug-likeness (QED) is 0.125. The Hall–Kier alpha value is -4.19. The van der Waals surface area contributed by atoms with Gasteiger partial charge in [-0.15, -0.1) is 10.2 Å². The van der Waals surface area contributed by atoms with Crippen molar-refractivity contribution in [3.63, 3.8) is 0 Å². The van der Waals surface area contributed by atoms with E-state index in [1.54, 1.807) is 65.6 Å². The van der Waals surface area contributed by atoms with Crippen molar-refractivity contribution in [3.05, 3.63) is 144 Å². The number of hydrogen-bond acceptors (Lipinski definition) is 8. The number of carbonyl (C=O) groups is 2. The molecule has 4 aromatic carbocycles. The predicted octanol–water partition coefficient (Wildman–Crippen LogP) is 8.66. The molecule has 0 bridgehead atoms. The zero-order valence-corrected chi connectivity index (χ0v) is 28.8. The Balaban J connectivity index is 1.32. The Kier molecular flexibility index (Phi) is 7.61. The summed E-state index contributed by atoms with van der Waals surface area (Å²) in [5.74, 6) is -0.924. The molecule has 48 heavy (non-hydrogen) atoms.